The number of ether oxygens (including phenoxy) is 3. The van der Waals surface area contributed by atoms with E-state index in [4.69, 9.17) is 26.4 Å². The fourth-order valence-corrected chi connectivity index (χ4v) is 3.75. The number of hydrazine groups is 1. The van der Waals surface area contributed by atoms with Gasteiger partial charge in [-0.15, -0.1) is 0 Å². The van der Waals surface area contributed by atoms with Crippen LogP contribution in [0.2, 0.25) is 0 Å². The van der Waals surface area contributed by atoms with Crippen LogP contribution in [0.25, 0.3) is 0 Å². The standard InChI is InChI=1S/C18H23N3O4S/c1-23-14-8-12(9-15(24-2)16(14)25-3)17(22)20-21-18(26)19-13-7-10-4-5-11(13)6-10/h4-5,8-11,13H,6-7H2,1-3H3,(H,20,22)(H2,19,21,26)/t10-,11-,13+/m1/s1. The molecule has 26 heavy (non-hydrogen) atoms. The number of rotatable bonds is 5. The first-order chi connectivity index (χ1) is 12.5. The summed E-state index contributed by atoms with van der Waals surface area (Å²) in [5.74, 6) is 2.06. The molecule has 1 amide bonds. The highest BCUT2D eigenvalue weighted by Crippen LogP contribution is 2.39. The van der Waals surface area contributed by atoms with Crippen molar-refractivity contribution in [3.05, 3.63) is 29.8 Å². The van der Waals surface area contributed by atoms with Crippen molar-refractivity contribution in [3.8, 4) is 17.2 Å². The Labute approximate surface area is 158 Å². The summed E-state index contributed by atoms with van der Waals surface area (Å²) in [7, 11) is 4.51. The SMILES string of the molecule is COc1cc(C(=O)NNC(=S)N[C@H]2C[C@@H]3C=C[C@@H]2C3)cc(OC)c1OC. The number of amides is 1. The minimum Gasteiger partial charge on any atom is -0.493 e. The van der Waals surface area contributed by atoms with Gasteiger partial charge in [-0.3, -0.25) is 15.6 Å². The third-order valence-corrected chi connectivity index (χ3v) is 5.03. The zero-order valence-corrected chi connectivity index (χ0v) is 15.8. The molecule has 3 atom stereocenters. The number of hydrogen-bond acceptors (Lipinski definition) is 5. The van der Waals surface area contributed by atoms with Crippen LogP contribution in [0, 0.1) is 11.8 Å². The molecule has 3 rings (SSSR count). The first-order valence-electron chi connectivity index (χ1n) is 8.41. The van der Waals surface area contributed by atoms with Crippen LogP contribution in [0.4, 0.5) is 0 Å². The van der Waals surface area contributed by atoms with Crippen LogP contribution in [-0.4, -0.2) is 38.4 Å². The number of nitrogens with one attached hydrogen (secondary N) is 3. The van der Waals surface area contributed by atoms with Gasteiger partial charge in [-0.05, 0) is 49.0 Å². The topological polar surface area (TPSA) is 80.9 Å². The van der Waals surface area contributed by atoms with Gasteiger partial charge in [0.05, 0.1) is 21.3 Å². The third-order valence-electron chi connectivity index (χ3n) is 4.81. The first-order valence-corrected chi connectivity index (χ1v) is 8.81. The number of allylic oxidation sites excluding steroid dienone is 1. The van der Waals surface area contributed by atoms with Gasteiger partial charge in [0, 0.05) is 11.6 Å². The number of carbonyl (C=O) groups excluding carboxylic acids is 1. The molecule has 2 aliphatic carbocycles. The molecule has 1 aromatic rings. The van der Waals surface area contributed by atoms with E-state index in [1.807, 2.05) is 0 Å². The van der Waals surface area contributed by atoms with Crippen molar-refractivity contribution in [2.24, 2.45) is 11.8 Å². The molecule has 140 valence electrons. The van der Waals surface area contributed by atoms with Crippen LogP contribution in [0.5, 0.6) is 17.2 Å². The van der Waals surface area contributed by atoms with E-state index < -0.39 is 0 Å². The number of carbonyl (C=O) groups is 1. The molecule has 0 spiro atoms. The van der Waals surface area contributed by atoms with Gasteiger partial charge < -0.3 is 19.5 Å². The van der Waals surface area contributed by atoms with Crippen LogP contribution in [-0.2, 0) is 0 Å². The fourth-order valence-electron chi connectivity index (χ4n) is 3.55. The van der Waals surface area contributed by atoms with E-state index in [0.717, 1.165) is 6.42 Å². The molecule has 2 bridgehead atoms. The van der Waals surface area contributed by atoms with E-state index >= 15 is 0 Å². The van der Waals surface area contributed by atoms with Gasteiger partial charge in [-0.1, -0.05) is 12.2 Å². The molecule has 2 aliphatic rings. The maximum Gasteiger partial charge on any atom is 0.269 e. The highest BCUT2D eigenvalue weighted by Gasteiger charge is 2.35. The molecule has 0 radical (unpaired) electrons. The number of methoxy groups -OCH3 is 3. The Morgan fingerprint density at radius 1 is 1.04 bits per heavy atom. The molecule has 1 aromatic carbocycles. The zero-order valence-electron chi connectivity index (χ0n) is 15.0. The Hall–Kier alpha value is -2.48. The minimum atomic E-state index is -0.360. The summed E-state index contributed by atoms with van der Waals surface area (Å²) in [5, 5.41) is 3.67. The average Bonchev–Trinajstić information content (AvgIpc) is 3.27. The Kier molecular flexibility index (Phi) is 5.51. The molecule has 7 nitrogen and oxygen atoms in total. The maximum atomic E-state index is 12.4. The number of benzene rings is 1. The minimum absolute atomic E-state index is 0.322. The molecular weight excluding hydrogens is 354 g/mol. The summed E-state index contributed by atoms with van der Waals surface area (Å²) in [6.07, 6.45) is 6.76. The van der Waals surface area contributed by atoms with E-state index in [1.54, 1.807) is 12.1 Å². The van der Waals surface area contributed by atoms with E-state index in [-0.39, 0.29) is 5.91 Å². The van der Waals surface area contributed by atoms with Crippen LogP contribution < -0.4 is 30.4 Å². The zero-order chi connectivity index (χ0) is 18.7. The lowest BCUT2D eigenvalue weighted by Gasteiger charge is -2.22. The highest BCUT2D eigenvalue weighted by molar-refractivity contribution is 7.80. The van der Waals surface area contributed by atoms with Crippen molar-refractivity contribution in [1.82, 2.24) is 16.2 Å². The molecular formula is C18H23N3O4S. The van der Waals surface area contributed by atoms with Crippen molar-refractivity contribution in [2.45, 2.75) is 18.9 Å². The Morgan fingerprint density at radius 3 is 2.23 bits per heavy atom. The van der Waals surface area contributed by atoms with Crippen LogP contribution in [0.1, 0.15) is 23.2 Å². The molecule has 3 N–H and O–H groups in total. The lowest BCUT2D eigenvalue weighted by Crippen LogP contribution is -2.50. The predicted molar refractivity (Wildman–Crippen MR) is 102 cm³/mol. The molecule has 1 fully saturated rings. The first kappa shape index (κ1) is 18.3. The lowest BCUT2D eigenvalue weighted by molar-refractivity contribution is 0.0942. The van der Waals surface area contributed by atoms with E-state index in [1.165, 1.54) is 27.8 Å². The highest BCUT2D eigenvalue weighted by atomic mass is 32.1. The average molecular weight is 377 g/mol. The second-order valence-electron chi connectivity index (χ2n) is 6.35. The van der Waals surface area contributed by atoms with Gasteiger partial charge >= 0.3 is 0 Å². The monoisotopic (exact) mass is 377 g/mol. The van der Waals surface area contributed by atoms with E-state index in [9.17, 15) is 4.79 Å². The Morgan fingerprint density at radius 2 is 1.73 bits per heavy atom. The van der Waals surface area contributed by atoms with Crippen molar-refractivity contribution >= 4 is 23.2 Å². The van der Waals surface area contributed by atoms with E-state index in [0.29, 0.717) is 45.8 Å². The molecule has 8 heteroatoms. The number of thiocarbonyl (C=S) groups is 1. The van der Waals surface area contributed by atoms with Crippen LogP contribution in [0.15, 0.2) is 24.3 Å². The van der Waals surface area contributed by atoms with Gasteiger partial charge in [-0.2, -0.15) is 0 Å². The van der Waals surface area contributed by atoms with Gasteiger partial charge in [0.15, 0.2) is 16.6 Å². The molecule has 0 aliphatic heterocycles. The third kappa shape index (κ3) is 3.70. The quantitative estimate of drug-likeness (QED) is 0.410. The molecule has 0 unspecified atom stereocenters. The molecule has 0 aromatic heterocycles. The summed E-state index contributed by atoms with van der Waals surface area (Å²) < 4.78 is 15.8. The van der Waals surface area contributed by atoms with Gasteiger partial charge in [0.2, 0.25) is 5.75 Å². The summed E-state index contributed by atoms with van der Waals surface area (Å²) in [6.45, 7) is 0. The summed E-state index contributed by atoms with van der Waals surface area (Å²) in [6, 6.07) is 3.48. The van der Waals surface area contributed by atoms with E-state index in [2.05, 4.69) is 28.3 Å². The predicted octanol–water partition coefficient (Wildman–Crippen LogP) is 1.79. The number of fused-ring (bicyclic) bond motifs is 2. The van der Waals surface area contributed by atoms with Crippen LogP contribution in [0.3, 0.4) is 0 Å². The van der Waals surface area contributed by atoms with Crippen LogP contribution >= 0.6 is 12.2 Å². The summed E-state index contributed by atoms with van der Waals surface area (Å²) in [5.41, 5.74) is 5.71. The lowest BCUT2D eigenvalue weighted by atomic mass is 10.0. The number of hydrogen-bond donors (Lipinski definition) is 3. The Bertz CT molecular complexity index is 712. The maximum absolute atomic E-state index is 12.4. The van der Waals surface area contributed by atoms with Gasteiger partial charge in [0.25, 0.3) is 5.91 Å². The smallest absolute Gasteiger partial charge is 0.269 e. The van der Waals surface area contributed by atoms with Gasteiger partial charge in [-0.25, -0.2) is 0 Å². The summed E-state index contributed by atoms with van der Waals surface area (Å²) in [4.78, 5) is 12.4. The second kappa shape index (κ2) is 7.82. The van der Waals surface area contributed by atoms with Crippen molar-refractivity contribution in [3.63, 3.8) is 0 Å². The van der Waals surface area contributed by atoms with Crippen molar-refractivity contribution in [1.29, 1.82) is 0 Å². The largest absolute Gasteiger partial charge is 0.493 e. The summed E-state index contributed by atoms with van der Waals surface area (Å²) >= 11 is 5.28. The fraction of sp³-hybridized carbons (Fsp3) is 0.444. The van der Waals surface area contributed by atoms with Gasteiger partial charge in [0.1, 0.15) is 0 Å². The molecule has 0 heterocycles. The Balaban J connectivity index is 1.59. The van der Waals surface area contributed by atoms with Crippen molar-refractivity contribution in [2.75, 3.05) is 21.3 Å². The molecule has 1 saturated carbocycles. The second-order valence-corrected chi connectivity index (χ2v) is 6.76. The molecule has 0 saturated heterocycles. The van der Waals surface area contributed by atoms with Crippen molar-refractivity contribution < 1.29 is 19.0 Å². The normalized spacial score (nSPS) is 22.7.